The molecule has 2 aromatic rings. The van der Waals surface area contributed by atoms with Crippen LogP contribution < -0.4 is 15.2 Å². The quantitative estimate of drug-likeness (QED) is 0.848. The number of aryl methyl sites for hydroxylation is 1. The highest BCUT2D eigenvalue weighted by Gasteiger charge is 2.25. The molecule has 3 rings (SSSR count). The van der Waals surface area contributed by atoms with E-state index in [9.17, 15) is 4.79 Å². The van der Waals surface area contributed by atoms with E-state index in [1.165, 1.54) is 0 Å². The fourth-order valence-corrected chi connectivity index (χ4v) is 2.76. The number of benzene rings is 1. The zero-order valence-corrected chi connectivity index (χ0v) is 12.3. The third-order valence-electron chi connectivity index (χ3n) is 3.09. The second-order valence-electron chi connectivity index (χ2n) is 4.37. The van der Waals surface area contributed by atoms with E-state index in [-0.39, 0.29) is 0 Å². The summed E-state index contributed by atoms with van der Waals surface area (Å²) in [5.41, 5.74) is 7.66. The van der Waals surface area contributed by atoms with Gasteiger partial charge in [-0.25, -0.2) is 0 Å². The maximum atomic E-state index is 11.1. The van der Waals surface area contributed by atoms with E-state index in [0.29, 0.717) is 46.3 Å². The van der Waals surface area contributed by atoms with Crippen molar-refractivity contribution < 1.29 is 14.3 Å². The highest BCUT2D eigenvalue weighted by molar-refractivity contribution is 9.10. The average Bonchev–Trinajstić information content (AvgIpc) is 2.77. The van der Waals surface area contributed by atoms with Crippen molar-refractivity contribution in [2.24, 2.45) is 7.05 Å². The Morgan fingerprint density at radius 1 is 1.35 bits per heavy atom. The minimum absolute atomic E-state index is 0.416. The highest BCUT2D eigenvalue weighted by Crippen LogP contribution is 2.46. The molecular weight excluding hydrogens is 326 g/mol. The third kappa shape index (κ3) is 1.94. The van der Waals surface area contributed by atoms with Crippen LogP contribution in [0.1, 0.15) is 10.4 Å². The maximum Gasteiger partial charge on any atom is 0.172 e. The largest absolute Gasteiger partial charge is 0.485 e. The summed E-state index contributed by atoms with van der Waals surface area (Å²) in [6.07, 6.45) is 0.745. The third-order valence-corrected chi connectivity index (χ3v) is 3.72. The van der Waals surface area contributed by atoms with Gasteiger partial charge in [0.15, 0.2) is 17.8 Å². The smallest absolute Gasteiger partial charge is 0.172 e. The van der Waals surface area contributed by atoms with Gasteiger partial charge in [0.25, 0.3) is 0 Å². The van der Waals surface area contributed by atoms with Gasteiger partial charge in [-0.05, 0) is 22.0 Å². The van der Waals surface area contributed by atoms with Gasteiger partial charge in [-0.1, -0.05) is 0 Å². The molecule has 1 aliphatic rings. The summed E-state index contributed by atoms with van der Waals surface area (Å²) < 4.78 is 13.5. The number of nitrogens with zero attached hydrogens (tertiary/aromatic N) is 2. The number of anilines is 1. The molecule has 0 unspecified atom stereocenters. The minimum atomic E-state index is 0.416. The Kier molecular flexibility index (Phi) is 3.13. The van der Waals surface area contributed by atoms with Crippen LogP contribution in [0, 0.1) is 0 Å². The molecule has 0 bridgehead atoms. The van der Waals surface area contributed by atoms with E-state index in [1.807, 2.05) is 0 Å². The van der Waals surface area contributed by atoms with Gasteiger partial charge in [0, 0.05) is 17.6 Å². The zero-order valence-electron chi connectivity index (χ0n) is 10.7. The summed E-state index contributed by atoms with van der Waals surface area (Å²) in [4.78, 5) is 11.1. The van der Waals surface area contributed by atoms with Crippen LogP contribution in [0.15, 0.2) is 16.6 Å². The highest BCUT2D eigenvalue weighted by atomic mass is 79.9. The maximum absolute atomic E-state index is 11.1. The van der Waals surface area contributed by atoms with E-state index >= 15 is 0 Å². The molecule has 1 aromatic carbocycles. The van der Waals surface area contributed by atoms with Crippen molar-refractivity contribution >= 4 is 28.0 Å². The SMILES string of the molecule is Cn1nc(-c2c(Br)cc(C=O)c3c2OCCO3)cc1N. The Hall–Kier alpha value is -2.02. The van der Waals surface area contributed by atoms with E-state index < -0.39 is 0 Å². The predicted molar refractivity (Wildman–Crippen MR) is 77.1 cm³/mol. The van der Waals surface area contributed by atoms with Gasteiger partial charge in [-0.3, -0.25) is 9.48 Å². The molecule has 0 spiro atoms. The average molecular weight is 338 g/mol. The Morgan fingerprint density at radius 2 is 2.05 bits per heavy atom. The van der Waals surface area contributed by atoms with E-state index in [4.69, 9.17) is 15.2 Å². The van der Waals surface area contributed by atoms with Crippen LogP contribution in [-0.4, -0.2) is 29.3 Å². The van der Waals surface area contributed by atoms with Crippen LogP contribution in [0.2, 0.25) is 0 Å². The van der Waals surface area contributed by atoms with Gasteiger partial charge in [0.2, 0.25) is 0 Å². The predicted octanol–water partition coefficient (Wildman–Crippen LogP) is 2.02. The van der Waals surface area contributed by atoms with E-state index in [0.717, 1.165) is 11.8 Å². The van der Waals surface area contributed by atoms with Crippen LogP contribution in [-0.2, 0) is 7.05 Å². The Balaban J connectivity index is 2.27. The number of fused-ring (bicyclic) bond motifs is 1. The summed E-state index contributed by atoms with van der Waals surface area (Å²) >= 11 is 3.45. The first kappa shape index (κ1) is 13.0. The number of hydrogen-bond donors (Lipinski definition) is 1. The lowest BCUT2D eigenvalue weighted by Gasteiger charge is -2.22. The van der Waals surface area contributed by atoms with Crippen molar-refractivity contribution in [3.8, 4) is 22.8 Å². The number of carbonyl (C=O) groups is 1. The number of rotatable bonds is 2. The number of ether oxygens (including phenoxy) is 2. The number of nitrogens with two attached hydrogens (primary N) is 1. The first-order valence-corrected chi connectivity index (χ1v) is 6.78. The van der Waals surface area contributed by atoms with Gasteiger partial charge in [-0.15, -0.1) is 0 Å². The van der Waals surface area contributed by atoms with Gasteiger partial charge in [0.05, 0.1) is 16.8 Å². The minimum Gasteiger partial charge on any atom is -0.485 e. The monoisotopic (exact) mass is 337 g/mol. The molecule has 0 amide bonds. The molecule has 2 N–H and O–H groups in total. The van der Waals surface area contributed by atoms with E-state index in [2.05, 4.69) is 21.0 Å². The number of nitrogen functional groups attached to an aromatic ring is 1. The molecule has 0 atom stereocenters. The van der Waals surface area contributed by atoms with Gasteiger partial charge < -0.3 is 15.2 Å². The van der Waals surface area contributed by atoms with Crippen LogP contribution in [0.25, 0.3) is 11.3 Å². The van der Waals surface area contributed by atoms with Gasteiger partial charge in [-0.2, -0.15) is 5.10 Å². The molecule has 6 nitrogen and oxygen atoms in total. The Labute approximate surface area is 123 Å². The molecular formula is C13H12BrN3O3. The molecule has 0 saturated heterocycles. The topological polar surface area (TPSA) is 79.4 Å². The van der Waals surface area contributed by atoms with Gasteiger partial charge >= 0.3 is 0 Å². The lowest BCUT2D eigenvalue weighted by atomic mass is 10.1. The molecule has 1 aliphatic heterocycles. The molecule has 20 heavy (non-hydrogen) atoms. The molecule has 0 fully saturated rings. The molecule has 1 aromatic heterocycles. The zero-order chi connectivity index (χ0) is 14.3. The number of aromatic nitrogens is 2. The molecule has 2 heterocycles. The summed E-state index contributed by atoms with van der Waals surface area (Å²) in [5.74, 6) is 1.51. The summed E-state index contributed by atoms with van der Waals surface area (Å²) in [6.45, 7) is 0.844. The number of aldehydes is 1. The molecule has 0 aliphatic carbocycles. The van der Waals surface area contributed by atoms with Crippen LogP contribution >= 0.6 is 15.9 Å². The van der Waals surface area contributed by atoms with Crippen molar-refractivity contribution in [2.75, 3.05) is 18.9 Å². The number of halogens is 1. The molecule has 0 saturated carbocycles. The standard InChI is InChI=1S/C13H12BrN3O3/c1-17-10(15)5-9(16-17)11-8(14)4-7(6-18)12-13(11)20-3-2-19-12/h4-6H,2-3,15H2,1H3. The molecule has 0 radical (unpaired) electrons. The number of hydrogen-bond acceptors (Lipinski definition) is 5. The molecule has 7 heteroatoms. The van der Waals surface area contributed by atoms with Crippen molar-refractivity contribution in [3.05, 3.63) is 22.2 Å². The van der Waals surface area contributed by atoms with Crippen molar-refractivity contribution in [1.82, 2.24) is 9.78 Å². The second kappa shape index (κ2) is 4.82. The summed E-state index contributed by atoms with van der Waals surface area (Å²) in [5, 5.41) is 4.34. The Morgan fingerprint density at radius 3 is 2.65 bits per heavy atom. The first-order chi connectivity index (χ1) is 9.61. The second-order valence-corrected chi connectivity index (χ2v) is 5.23. The lowest BCUT2D eigenvalue weighted by Crippen LogP contribution is -2.17. The Bertz CT molecular complexity index is 677. The van der Waals surface area contributed by atoms with Crippen LogP contribution in [0.5, 0.6) is 11.5 Å². The fourth-order valence-electron chi connectivity index (χ4n) is 2.13. The number of carbonyl (C=O) groups excluding carboxylic acids is 1. The first-order valence-electron chi connectivity index (χ1n) is 5.99. The normalized spacial score (nSPS) is 13.3. The summed E-state index contributed by atoms with van der Waals surface area (Å²) in [7, 11) is 1.76. The van der Waals surface area contributed by atoms with Crippen LogP contribution in [0.4, 0.5) is 5.82 Å². The lowest BCUT2D eigenvalue weighted by molar-refractivity contribution is 0.111. The fraction of sp³-hybridized carbons (Fsp3) is 0.231. The van der Waals surface area contributed by atoms with Crippen molar-refractivity contribution in [2.45, 2.75) is 0 Å². The van der Waals surface area contributed by atoms with Gasteiger partial charge in [0.1, 0.15) is 19.0 Å². The van der Waals surface area contributed by atoms with Crippen molar-refractivity contribution in [1.29, 1.82) is 0 Å². The molecule has 104 valence electrons. The summed E-state index contributed by atoms with van der Waals surface area (Å²) in [6, 6.07) is 3.44. The van der Waals surface area contributed by atoms with Crippen LogP contribution in [0.3, 0.4) is 0 Å². The van der Waals surface area contributed by atoms with E-state index in [1.54, 1.807) is 23.9 Å². The van der Waals surface area contributed by atoms with Crippen molar-refractivity contribution in [3.63, 3.8) is 0 Å².